The van der Waals surface area contributed by atoms with E-state index in [1.54, 1.807) is 0 Å². The summed E-state index contributed by atoms with van der Waals surface area (Å²) in [6.45, 7) is 1.71. The monoisotopic (exact) mass is 279 g/mol. The number of amides is 1. The van der Waals surface area contributed by atoms with Gasteiger partial charge in [0.15, 0.2) is 0 Å². The van der Waals surface area contributed by atoms with Crippen LogP contribution in [0.1, 0.15) is 23.2 Å². The molecule has 0 saturated carbocycles. The zero-order valence-corrected chi connectivity index (χ0v) is 11.2. The summed E-state index contributed by atoms with van der Waals surface area (Å²) in [7, 11) is 1.97. The van der Waals surface area contributed by atoms with E-state index in [0.29, 0.717) is 0 Å². The first-order valence-electron chi connectivity index (χ1n) is 6.44. The lowest BCUT2D eigenvalue weighted by molar-refractivity contribution is -0.385. The molecule has 0 radical (unpaired) electrons. The zero-order valence-electron chi connectivity index (χ0n) is 11.2. The number of nitro benzene ring substituents is 1. The average Bonchev–Trinajstić information content (AvgIpc) is 2.38. The molecular formula is C13H17N3O4. The Hall–Kier alpha value is -2.15. The summed E-state index contributed by atoms with van der Waals surface area (Å²) in [4.78, 5) is 24.5. The molecule has 1 atom stereocenters. The first-order chi connectivity index (χ1) is 9.47. The molecule has 0 aliphatic carbocycles. The second-order valence-corrected chi connectivity index (χ2v) is 5.03. The number of benzene rings is 1. The number of nitro groups is 1. The fraction of sp³-hybridized carbons (Fsp3) is 0.462. The number of phenols is 1. The predicted molar refractivity (Wildman–Crippen MR) is 72.7 cm³/mol. The fourth-order valence-electron chi connectivity index (χ4n) is 2.41. The third-order valence-electron chi connectivity index (χ3n) is 3.38. The Labute approximate surface area is 116 Å². The van der Waals surface area contributed by atoms with E-state index in [1.165, 1.54) is 6.07 Å². The molecule has 1 aliphatic heterocycles. The van der Waals surface area contributed by atoms with Crippen LogP contribution in [0.15, 0.2) is 18.2 Å². The first-order valence-corrected chi connectivity index (χ1v) is 6.44. The van der Waals surface area contributed by atoms with E-state index in [1.807, 2.05) is 7.05 Å². The number of phenolic OH excluding ortho intramolecular Hbond substituents is 1. The van der Waals surface area contributed by atoms with Gasteiger partial charge in [-0.25, -0.2) is 0 Å². The molecule has 108 valence electrons. The van der Waals surface area contributed by atoms with Crippen molar-refractivity contribution in [2.45, 2.75) is 18.9 Å². The van der Waals surface area contributed by atoms with Crippen molar-refractivity contribution in [2.24, 2.45) is 0 Å². The molecule has 1 heterocycles. The van der Waals surface area contributed by atoms with Crippen LogP contribution in [0.3, 0.4) is 0 Å². The summed E-state index contributed by atoms with van der Waals surface area (Å²) in [5, 5.41) is 23.1. The van der Waals surface area contributed by atoms with Crippen molar-refractivity contribution in [2.75, 3.05) is 20.1 Å². The smallest absolute Gasteiger partial charge is 0.282 e. The summed E-state index contributed by atoms with van der Waals surface area (Å²) in [6.07, 6.45) is 1.83. The highest BCUT2D eigenvalue weighted by Gasteiger charge is 2.24. The van der Waals surface area contributed by atoms with Gasteiger partial charge in [-0.3, -0.25) is 14.9 Å². The van der Waals surface area contributed by atoms with E-state index >= 15 is 0 Å². The number of hydrogen-bond acceptors (Lipinski definition) is 5. The van der Waals surface area contributed by atoms with Crippen LogP contribution in [0, 0.1) is 10.1 Å². The van der Waals surface area contributed by atoms with Crippen LogP contribution in [-0.4, -0.2) is 47.0 Å². The number of likely N-dealkylation sites (tertiary alicyclic amines) is 1. The van der Waals surface area contributed by atoms with Crippen molar-refractivity contribution in [3.63, 3.8) is 0 Å². The minimum atomic E-state index is -0.624. The highest BCUT2D eigenvalue weighted by Crippen LogP contribution is 2.23. The van der Waals surface area contributed by atoms with Gasteiger partial charge in [0, 0.05) is 18.7 Å². The molecule has 1 aromatic carbocycles. The Kier molecular flexibility index (Phi) is 4.19. The van der Waals surface area contributed by atoms with Crippen molar-refractivity contribution >= 4 is 11.6 Å². The topological polar surface area (TPSA) is 95.7 Å². The van der Waals surface area contributed by atoms with E-state index in [9.17, 15) is 20.0 Å². The maximum Gasteiger partial charge on any atom is 0.282 e. The van der Waals surface area contributed by atoms with E-state index < -0.39 is 10.8 Å². The average molecular weight is 279 g/mol. The Morgan fingerprint density at radius 3 is 2.95 bits per heavy atom. The summed E-state index contributed by atoms with van der Waals surface area (Å²) in [5.41, 5.74) is -0.410. The lowest BCUT2D eigenvalue weighted by atomic mass is 10.1. The SMILES string of the molecule is CN1CCCC(NC(=O)c2cc(O)ccc2[N+](=O)[O-])C1. The second-order valence-electron chi connectivity index (χ2n) is 5.03. The predicted octanol–water partition coefficient (Wildman–Crippen LogP) is 1.12. The molecule has 1 saturated heterocycles. The van der Waals surface area contributed by atoms with Gasteiger partial charge in [0.1, 0.15) is 11.3 Å². The van der Waals surface area contributed by atoms with Gasteiger partial charge in [-0.05, 0) is 38.6 Å². The number of nitrogens with one attached hydrogen (secondary N) is 1. The van der Waals surface area contributed by atoms with Crippen molar-refractivity contribution in [1.29, 1.82) is 0 Å². The van der Waals surface area contributed by atoms with Gasteiger partial charge in [0.05, 0.1) is 4.92 Å². The van der Waals surface area contributed by atoms with Crippen LogP contribution in [0.4, 0.5) is 5.69 Å². The maximum atomic E-state index is 12.2. The van der Waals surface area contributed by atoms with Gasteiger partial charge >= 0.3 is 0 Å². The van der Waals surface area contributed by atoms with E-state index in [2.05, 4.69) is 10.2 Å². The number of rotatable bonds is 3. The summed E-state index contributed by atoms with van der Waals surface area (Å²) < 4.78 is 0. The Morgan fingerprint density at radius 2 is 2.30 bits per heavy atom. The Bertz CT molecular complexity index is 532. The quantitative estimate of drug-likeness (QED) is 0.638. The molecule has 0 spiro atoms. The number of likely N-dealkylation sites (N-methyl/N-ethyl adjacent to an activating group) is 1. The van der Waals surface area contributed by atoms with Gasteiger partial charge in [0.25, 0.3) is 11.6 Å². The van der Waals surface area contributed by atoms with Crippen molar-refractivity contribution in [3.05, 3.63) is 33.9 Å². The molecule has 7 heteroatoms. The number of carbonyl (C=O) groups excluding carboxylic acids is 1. The molecule has 2 rings (SSSR count). The highest BCUT2D eigenvalue weighted by atomic mass is 16.6. The third-order valence-corrected chi connectivity index (χ3v) is 3.38. The number of aromatic hydroxyl groups is 1. The van der Waals surface area contributed by atoms with Gasteiger partial charge in [-0.2, -0.15) is 0 Å². The Morgan fingerprint density at radius 1 is 1.55 bits per heavy atom. The molecule has 0 aromatic heterocycles. The molecule has 1 fully saturated rings. The molecule has 1 unspecified atom stereocenters. The fourth-order valence-corrected chi connectivity index (χ4v) is 2.41. The highest BCUT2D eigenvalue weighted by molar-refractivity contribution is 5.98. The lowest BCUT2D eigenvalue weighted by Crippen LogP contribution is -2.46. The van der Waals surface area contributed by atoms with Crippen LogP contribution in [0.5, 0.6) is 5.75 Å². The van der Waals surface area contributed by atoms with Crippen molar-refractivity contribution in [1.82, 2.24) is 10.2 Å². The summed E-state index contributed by atoms with van der Waals surface area (Å²) >= 11 is 0. The molecule has 2 N–H and O–H groups in total. The van der Waals surface area contributed by atoms with Crippen LogP contribution in [-0.2, 0) is 0 Å². The lowest BCUT2D eigenvalue weighted by Gasteiger charge is -2.30. The van der Waals surface area contributed by atoms with Crippen molar-refractivity contribution < 1.29 is 14.8 Å². The van der Waals surface area contributed by atoms with E-state index in [-0.39, 0.29) is 23.0 Å². The Balaban J connectivity index is 2.16. The van der Waals surface area contributed by atoms with Crippen LogP contribution < -0.4 is 5.32 Å². The molecule has 1 aliphatic rings. The molecule has 1 amide bonds. The third kappa shape index (κ3) is 3.24. The normalized spacial score (nSPS) is 19.6. The molecular weight excluding hydrogens is 262 g/mol. The molecule has 20 heavy (non-hydrogen) atoms. The van der Waals surface area contributed by atoms with Crippen LogP contribution in [0.25, 0.3) is 0 Å². The number of carbonyl (C=O) groups is 1. The number of nitrogens with zero attached hydrogens (tertiary/aromatic N) is 2. The van der Waals surface area contributed by atoms with Gasteiger partial charge in [-0.1, -0.05) is 0 Å². The van der Waals surface area contributed by atoms with Gasteiger partial charge in [0.2, 0.25) is 0 Å². The van der Waals surface area contributed by atoms with Crippen molar-refractivity contribution in [3.8, 4) is 5.75 Å². The minimum Gasteiger partial charge on any atom is -0.508 e. The van der Waals surface area contributed by atoms with E-state index in [4.69, 9.17) is 0 Å². The maximum absolute atomic E-state index is 12.2. The number of piperidine rings is 1. The van der Waals surface area contributed by atoms with Gasteiger partial charge < -0.3 is 15.3 Å². The number of hydrogen-bond donors (Lipinski definition) is 2. The molecule has 1 aromatic rings. The summed E-state index contributed by atoms with van der Waals surface area (Å²) in [6, 6.07) is 3.43. The molecule has 7 nitrogen and oxygen atoms in total. The second kappa shape index (κ2) is 5.87. The molecule has 0 bridgehead atoms. The van der Waals surface area contributed by atoms with E-state index in [0.717, 1.165) is 38.1 Å². The first kappa shape index (κ1) is 14.3. The van der Waals surface area contributed by atoms with Gasteiger partial charge in [-0.15, -0.1) is 0 Å². The summed E-state index contributed by atoms with van der Waals surface area (Å²) in [5.74, 6) is -0.686. The minimum absolute atomic E-state index is 0.0248. The standard InChI is InChI=1S/C13H17N3O4/c1-15-6-2-3-9(8-15)14-13(18)11-7-10(17)4-5-12(11)16(19)20/h4-5,7,9,17H,2-3,6,8H2,1H3,(H,14,18). The van der Waals surface area contributed by atoms with Crippen LogP contribution >= 0.6 is 0 Å². The zero-order chi connectivity index (χ0) is 14.7. The van der Waals surface area contributed by atoms with Crippen LogP contribution in [0.2, 0.25) is 0 Å². The largest absolute Gasteiger partial charge is 0.508 e.